The molecule has 0 unspecified atom stereocenters. The van der Waals surface area contributed by atoms with Gasteiger partial charge in [0.1, 0.15) is 17.2 Å². The lowest BCUT2D eigenvalue weighted by atomic mass is 10.2. The molecule has 1 N–H and O–H groups in total. The molecule has 0 amide bonds. The van der Waals surface area contributed by atoms with Crippen LogP contribution in [0.2, 0.25) is 0 Å². The fourth-order valence-corrected chi connectivity index (χ4v) is 2.08. The lowest BCUT2D eigenvalue weighted by Crippen LogP contribution is -2.00. The monoisotopic (exact) mass is 255 g/mol. The van der Waals surface area contributed by atoms with Crippen LogP contribution in [0.1, 0.15) is 11.3 Å². The molecule has 0 spiro atoms. The summed E-state index contributed by atoms with van der Waals surface area (Å²) in [5.41, 5.74) is 2.37. The van der Waals surface area contributed by atoms with Gasteiger partial charge in [-0.3, -0.25) is 0 Å². The Morgan fingerprint density at radius 3 is 2.79 bits per heavy atom. The van der Waals surface area contributed by atoms with E-state index in [1.807, 2.05) is 37.3 Å². The summed E-state index contributed by atoms with van der Waals surface area (Å²) < 4.78 is 19.3. The average Bonchev–Trinajstić information content (AvgIpc) is 2.82. The molecule has 0 fully saturated rings. The number of aryl methyl sites for hydroxylation is 1. The van der Waals surface area contributed by atoms with Crippen LogP contribution in [0.15, 0.2) is 52.9 Å². The lowest BCUT2D eigenvalue weighted by molar-refractivity contribution is 0.558. The van der Waals surface area contributed by atoms with Crippen LogP contribution in [-0.4, -0.2) is 0 Å². The van der Waals surface area contributed by atoms with Crippen molar-refractivity contribution in [3.63, 3.8) is 0 Å². The summed E-state index contributed by atoms with van der Waals surface area (Å²) in [4.78, 5) is 0. The van der Waals surface area contributed by atoms with Crippen LogP contribution < -0.4 is 5.32 Å². The summed E-state index contributed by atoms with van der Waals surface area (Å²) in [5.74, 6) is 0.545. The third kappa shape index (κ3) is 2.45. The number of halogens is 1. The summed E-state index contributed by atoms with van der Waals surface area (Å²) in [6.45, 7) is 2.40. The van der Waals surface area contributed by atoms with Crippen molar-refractivity contribution < 1.29 is 8.81 Å². The van der Waals surface area contributed by atoms with Gasteiger partial charge in [-0.25, -0.2) is 4.39 Å². The molecule has 0 aliphatic carbocycles. The van der Waals surface area contributed by atoms with Gasteiger partial charge < -0.3 is 9.73 Å². The van der Waals surface area contributed by atoms with Gasteiger partial charge in [0.15, 0.2) is 0 Å². The van der Waals surface area contributed by atoms with Crippen molar-refractivity contribution in [1.82, 2.24) is 0 Å². The predicted molar refractivity (Wildman–Crippen MR) is 74.7 cm³/mol. The molecule has 0 aliphatic rings. The molecule has 2 nitrogen and oxygen atoms in total. The molecule has 3 aromatic rings. The van der Waals surface area contributed by atoms with E-state index in [0.717, 1.165) is 22.3 Å². The standard InChI is InChI=1S/C16H14FNO/c1-11-6-7-14(17)15(8-11)18-10-13-9-12-4-2-3-5-16(12)19-13/h2-9,18H,10H2,1H3. The van der Waals surface area contributed by atoms with E-state index in [1.165, 1.54) is 6.07 Å². The molecule has 3 rings (SSSR count). The minimum absolute atomic E-state index is 0.248. The van der Waals surface area contributed by atoms with Crippen LogP contribution in [0.5, 0.6) is 0 Å². The highest BCUT2D eigenvalue weighted by molar-refractivity contribution is 5.77. The minimum Gasteiger partial charge on any atom is -0.459 e. The molecule has 19 heavy (non-hydrogen) atoms. The summed E-state index contributed by atoms with van der Waals surface area (Å²) in [5, 5.41) is 4.12. The van der Waals surface area contributed by atoms with Gasteiger partial charge in [0.05, 0.1) is 12.2 Å². The molecule has 1 aromatic heterocycles. The van der Waals surface area contributed by atoms with E-state index in [1.54, 1.807) is 12.1 Å². The molecule has 0 atom stereocenters. The number of furan rings is 1. The van der Waals surface area contributed by atoms with Crippen LogP contribution in [-0.2, 0) is 6.54 Å². The van der Waals surface area contributed by atoms with E-state index < -0.39 is 0 Å². The second-order valence-electron chi connectivity index (χ2n) is 4.59. The molecular formula is C16H14FNO. The van der Waals surface area contributed by atoms with Gasteiger partial charge in [0.25, 0.3) is 0 Å². The van der Waals surface area contributed by atoms with E-state index in [-0.39, 0.29) is 5.82 Å². The Balaban J connectivity index is 1.80. The van der Waals surface area contributed by atoms with Crippen LogP contribution >= 0.6 is 0 Å². The Bertz CT molecular complexity index is 685. The van der Waals surface area contributed by atoms with E-state index in [4.69, 9.17) is 4.42 Å². The summed E-state index contributed by atoms with van der Waals surface area (Å²) in [6.07, 6.45) is 0. The van der Waals surface area contributed by atoms with Crippen molar-refractivity contribution in [2.45, 2.75) is 13.5 Å². The summed E-state index contributed by atoms with van der Waals surface area (Å²) >= 11 is 0. The van der Waals surface area contributed by atoms with Crippen molar-refractivity contribution >= 4 is 16.7 Å². The Kier molecular flexibility index (Phi) is 2.95. The van der Waals surface area contributed by atoms with E-state index in [9.17, 15) is 4.39 Å². The zero-order valence-corrected chi connectivity index (χ0v) is 10.6. The number of rotatable bonds is 3. The van der Waals surface area contributed by atoms with Gasteiger partial charge in [0, 0.05) is 5.39 Å². The fourth-order valence-electron chi connectivity index (χ4n) is 2.08. The highest BCUT2D eigenvalue weighted by Gasteiger charge is 2.05. The third-order valence-corrected chi connectivity index (χ3v) is 3.05. The number of para-hydroxylation sites is 1. The van der Waals surface area contributed by atoms with Crippen molar-refractivity contribution in [2.24, 2.45) is 0 Å². The van der Waals surface area contributed by atoms with Crippen molar-refractivity contribution in [3.8, 4) is 0 Å². The molecule has 0 saturated heterocycles. The van der Waals surface area contributed by atoms with Gasteiger partial charge >= 0.3 is 0 Å². The first kappa shape index (κ1) is 11.8. The van der Waals surface area contributed by atoms with E-state index in [0.29, 0.717) is 12.2 Å². The predicted octanol–water partition coefficient (Wildman–Crippen LogP) is 4.49. The van der Waals surface area contributed by atoms with Gasteiger partial charge in [-0.1, -0.05) is 24.3 Å². The van der Waals surface area contributed by atoms with E-state index >= 15 is 0 Å². The highest BCUT2D eigenvalue weighted by atomic mass is 19.1. The number of benzene rings is 2. The Morgan fingerprint density at radius 1 is 1.11 bits per heavy atom. The summed E-state index contributed by atoms with van der Waals surface area (Å²) in [7, 11) is 0. The van der Waals surface area contributed by atoms with Crippen LogP contribution in [0.25, 0.3) is 11.0 Å². The van der Waals surface area contributed by atoms with Gasteiger partial charge in [-0.05, 0) is 36.8 Å². The number of nitrogens with one attached hydrogen (secondary N) is 1. The molecule has 0 radical (unpaired) electrons. The molecule has 0 aliphatic heterocycles. The SMILES string of the molecule is Cc1ccc(F)c(NCc2cc3ccccc3o2)c1. The maximum Gasteiger partial charge on any atom is 0.146 e. The maximum atomic E-state index is 13.6. The molecule has 2 aromatic carbocycles. The average molecular weight is 255 g/mol. The number of hydrogen-bond donors (Lipinski definition) is 1. The topological polar surface area (TPSA) is 25.2 Å². The smallest absolute Gasteiger partial charge is 0.146 e. The van der Waals surface area contributed by atoms with Crippen molar-refractivity contribution in [2.75, 3.05) is 5.32 Å². The summed E-state index contributed by atoms with van der Waals surface area (Å²) in [6, 6.07) is 14.8. The molecular weight excluding hydrogens is 241 g/mol. The number of hydrogen-bond acceptors (Lipinski definition) is 2. The first-order valence-electron chi connectivity index (χ1n) is 6.20. The molecule has 96 valence electrons. The normalized spacial score (nSPS) is 10.8. The van der Waals surface area contributed by atoms with E-state index in [2.05, 4.69) is 5.32 Å². The van der Waals surface area contributed by atoms with Gasteiger partial charge in [-0.15, -0.1) is 0 Å². The number of anilines is 1. The minimum atomic E-state index is -0.248. The molecule has 3 heteroatoms. The second-order valence-corrected chi connectivity index (χ2v) is 4.59. The Morgan fingerprint density at radius 2 is 1.95 bits per heavy atom. The third-order valence-electron chi connectivity index (χ3n) is 3.05. The second kappa shape index (κ2) is 4.76. The van der Waals surface area contributed by atoms with Crippen LogP contribution in [0, 0.1) is 12.7 Å². The molecule has 0 saturated carbocycles. The van der Waals surface area contributed by atoms with Gasteiger partial charge in [0.2, 0.25) is 0 Å². The first-order valence-corrected chi connectivity index (χ1v) is 6.20. The molecule has 1 heterocycles. The van der Waals surface area contributed by atoms with Crippen molar-refractivity contribution in [1.29, 1.82) is 0 Å². The highest BCUT2D eigenvalue weighted by Crippen LogP contribution is 2.21. The quantitative estimate of drug-likeness (QED) is 0.745. The number of fused-ring (bicyclic) bond motifs is 1. The maximum absolute atomic E-state index is 13.6. The first-order chi connectivity index (χ1) is 9.22. The zero-order valence-electron chi connectivity index (χ0n) is 10.6. The Labute approximate surface area is 110 Å². The Hall–Kier alpha value is -2.29. The van der Waals surface area contributed by atoms with Gasteiger partial charge in [-0.2, -0.15) is 0 Å². The fraction of sp³-hybridized carbons (Fsp3) is 0.125. The van der Waals surface area contributed by atoms with Crippen LogP contribution in [0.4, 0.5) is 10.1 Å². The van der Waals surface area contributed by atoms with Crippen LogP contribution in [0.3, 0.4) is 0 Å². The lowest BCUT2D eigenvalue weighted by Gasteiger charge is -2.06. The van der Waals surface area contributed by atoms with Crippen molar-refractivity contribution in [3.05, 3.63) is 65.7 Å². The largest absolute Gasteiger partial charge is 0.459 e. The molecule has 0 bridgehead atoms. The zero-order chi connectivity index (χ0) is 13.2.